The zero-order valence-corrected chi connectivity index (χ0v) is 21.9. The van der Waals surface area contributed by atoms with Crippen molar-refractivity contribution >= 4 is 40.3 Å². The third-order valence-corrected chi connectivity index (χ3v) is 6.02. The van der Waals surface area contributed by atoms with E-state index in [0.717, 1.165) is 31.1 Å². The van der Waals surface area contributed by atoms with Crippen LogP contribution >= 0.6 is 11.8 Å². The summed E-state index contributed by atoms with van der Waals surface area (Å²) in [5.74, 6) is -1.43. The van der Waals surface area contributed by atoms with E-state index >= 15 is 0 Å². The highest BCUT2D eigenvalue weighted by molar-refractivity contribution is 8.13. The van der Waals surface area contributed by atoms with Gasteiger partial charge in [0.1, 0.15) is 6.54 Å². The first-order valence-electron chi connectivity index (χ1n) is 11.1. The third kappa shape index (κ3) is 9.27. The Bertz CT molecular complexity index is 1190. The summed E-state index contributed by atoms with van der Waals surface area (Å²) in [7, 11) is 0. The van der Waals surface area contributed by atoms with E-state index in [-0.39, 0.29) is 34.5 Å². The van der Waals surface area contributed by atoms with Gasteiger partial charge in [-0.05, 0) is 42.8 Å². The van der Waals surface area contributed by atoms with Crippen molar-refractivity contribution < 1.29 is 40.7 Å². The zero-order chi connectivity index (χ0) is 25.0. The highest BCUT2D eigenvalue weighted by Gasteiger charge is 2.15. The van der Waals surface area contributed by atoms with Gasteiger partial charge in [0, 0.05) is 41.1 Å². The molecule has 0 radical (unpaired) electrons. The average molecular weight is 571 g/mol. The number of rotatable bonds is 11. The zero-order valence-electron chi connectivity index (χ0n) is 19.5. The van der Waals surface area contributed by atoms with Crippen molar-refractivity contribution in [2.45, 2.75) is 30.7 Å². The molecule has 0 aliphatic rings. The molecule has 3 amide bonds. The van der Waals surface area contributed by atoms with Crippen LogP contribution in [0.4, 0.5) is 5.69 Å². The molecule has 0 spiro atoms. The molecule has 0 saturated carbocycles. The first-order valence-corrected chi connectivity index (χ1v) is 12.0. The lowest BCUT2D eigenvalue weighted by molar-refractivity contribution is -0.697. The Hall–Kier alpha value is -3.50. The molecule has 188 valence electrons. The average Bonchev–Trinajstić information content (AvgIpc) is 2.86. The van der Waals surface area contributed by atoms with E-state index in [1.165, 1.54) is 12.1 Å². The number of nitrogens with two attached hydrogens (primary N) is 1. The minimum absolute atomic E-state index is 0. The van der Waals surface area contributed by atoms with Crippen LogP contribution in [0.3, 0.4) is 0 Å². The third-order valence-electron chi connectivity index (χ3n) is 5.01. The van der Waals surface area contributed by atoms with Crippen LogP contribution in [0.15, 0.2) is 84.0 Å². The minimum Gasteiger partial charge on any atom is -1.00 e. The van der Waals surface area contributed by atoms with Gasteiger partial charge in [-0.15, -0.1) is 0 Å². The number of primary amides is 1. The number of aromatic nitrogens is 1. The van der Waals surface area contributed by atoms with Gasteiger partial charge in [-0.1, -0.05) is 30.0 Å². The molecule has 0 aliphatic carbocycles. The molecule has 3 rings (SSSR count). The number of halogens is 1. The van der Waals surface area contributed by atoms with Crippen LogP contribution in [-0.4, -0.2) is 29.4 Å². The molecule has 36 heavy (non-hydrogen) atoms. The van der Waals surface area contributed by atoms with E-state index in [1.807, 2.05) is 30.6 Å². The SMILES string of the molecule is NC(=O)CNC(=O)c1ccc(NC(=O)c2ccccc2SC(=O)CCCC[n+]2ccccc2)cc1.[Br-]. The number of thioether (sulfide) groups is 1. The van der Waals surface area contributed by atoms with Crippen molar-refractivity contribution in [3.05, 3.63) is 90.3 Å². The molecular formula is C26H27BrN4O4S. The van der Waals surface area contributed by atoms with Crippen LogP contribution in [0.5, 0.6) is 0 Å². The predicted molar refractivity (Wildman–Crippen MR) is 134 cm³/mol. The molecule has 0 saturated heterocycles. The Labute approximate surface area is 224 Å². The number of pyridine rings is 1. The number of nitrogens with one attached hydrogen (secondary N) is 2. The number of unbranched alkanes of at least 4 members (excludes halogenated alkanes) is 1. The summed E-state index contributed by atoms with van der Waals surface area (Å²) in [5.41, 5.74) is 6.24. The highest BCUT2D eigenvalue weighted by atomic mass is 79.9. The van der Waals surface area contributed by atoms with Crippen LogP contribution < -0.4 is 37.9 Å². The van der Waals surface area contributed by atoms with Crippen molar-refractivity contribution in [1.29, 1.82) is 0 Å². The van der Waals surface area contributed by atoms with Crippen LogP contribution in [0, 0.1) is 0 Å². The molecule has 2 aromatic carbocycles. The lowest BCUT2D eigenvalue weighted by Gasteiger charge is -2.10. The molecule has 0 aliphatic heterocycles. The standard InChI is InChI=1S/C26H26N4O4S.BrH/c27-23(31)18-28-25(33)19-11-13-20(14-12-19)29-26(34)21-8-2-3-9-22(21)35-24(32)10-4-7-17-30-15-5-1-6-16-30;/h1-3,5-6,8-9,11-16H,4,7,10,17-18H2,(H3-,27,28,29,31,33,34);1H. The fourth-order valence-corrected chi connectivity index (χ4v) is 4.15. The number of nitrogens with zero attached hydrogens (tertiary/aromatic N) is 1. The Balaban J connectivity index is 0.00000456. The fraction of sp³-hybridized carbons (Fsp3) is 0.192. The summed E-state index contributed by atoms with van der Waals surface area (Å²) >= 11 is 1.07. The van der Waals surface area contributed by atoms with Gasteiger partial charge in [-0.3, -0.25) is 19.2 Å². The predicted octanol–water partition coefficient (Wildman–Crippen LogP) is -0.0653. The quantitative estimate of drug-likeness (QED) is 0.169. The van der Waals surface area contributed by atoms with Gasteiger partial charge in [0.05, 0.1) is 12.1 Å². The summed E-state index contributed by atoms with van der Waals surface area (Å²) in [6, 6.07) is 19.1. The number of benzene rings is 2. The van der Waals surface area contributed by atoms with E-state index in [1.54, 1.807) is 36.4 Å². The minimum atomic E-state index is -0.636. The Kier molecular flexibility index (Phi) is 11.8. The van der Waals surface area contributed by atoms with Gasteiger partial charge in [0.25, 0.3) is 11.8 Å². The van der Waals surface area contributed by atoms with Crippen LogP contribution in [-0.2, 0) is 16.1 Å². The Morgan fingerprint density at radius 2 is 1.53 bits per heavy atom. The number of carbonyl (C=O) groups is 4. The summed E-state index contributed by atoms with van der Waals surface area (Å²) in [6.07, 6.45) is 6.07. The fourth-order valence-electron chi connectivity index (χ4n) is 3.24. The topological polar surface area (TPSA) is 122 Å². The molecule has 1 aromatic heterocycles. The van der Waals surface area contributed by atoms with Gasteiger partial charge >= 0.3 is 0 Å². The largest absolute Gasteiger partial charge is 1.00 e. The molecule has 10 heteroatoms. The summed E-state index contributed by atoms with van der Waals surface area (Å²) in [5, 5.41) is 5.20. The number of carbonyl (C=O) groups excluding carboxylic acids is 4. The first-order chi connectivity index (χ1) is 16.9. The van der Waals surface area contributed by atoms with E-state index in [0.29, 0.717) is 28.1 Å². The highest BCUT2D eigenvalue weighted by Crippen LogP contribution is 2.26. The Morgan fingerprint density at radius 3 is 2.22 bits per heavy atom. The number of hydrogen-bond donors (Lipinski definition) is 3. The molecule has 8 nitrogen and oxygen atoms in total. The van der Waals surface area contributed by atoms with E-state index in [9.17, 15) is 19.2 Å². The molecule has 0 bridgehead atoms. The second kappa shape index (κ2) is 14.8. The summed E-state index contributed by atoms with van der Waals surface area (Å²) in [4.78, 5) is 48.7. The smallest absolute Gasteiger partial charge is 0.256 e. The van der Waals surface area contributed by atoms with Crippen molar-refractivity contribution in [3.8, 4) is 0 Å². The van der Waals surface area contributed by atoms with Crippen LogP contribution in [0.25, 0.3) is 0 Å². The van der Waals surface area contributed by atoms with E-state index in [2.05, 4.69) is 15.2 Å². The second-order valence-corrected chi connectivity index (χ2v) is 8.82. The number of amides is 3. The van der Waals surface area contributed by atoms with Gasteiger partial charge < -0.3 is 33.3 Å². The van der Waals surface area contributed by atoms with Crippen LogP contribution in [0.1, 0.15) is 40.0 Å². The number of anilines is 1. The van der Waals surface area contributed by atoms with Crippen molar-refractivity contribution in [1.82, 2.24) is 5.32 Å². The second-order valence-electron chi connectivity index (χ2n) is 7.72. The molecule has 0 atom stereocenters. The summed E-state index contributed by atoms with van der Waals surface area (Å²) < 4.78 is 2.08. The maximum atomic E-state index is 12.9. The van der Waals surface area contributed by atoms with Gasteiger partial charge in [-0.25, -0.2) is 4.57 Å². The van der Waals surface area contributed by atoms with E-state index in [4.69, 9.17) is 5.73 Å². The maximum absolute atomic E-state index is 12.9. The molecule has 0 unspecified atom stereocenters. The maximum Gasteiger partial charge on any atom is 0.256 e. The molecule has 3 aromatic rings. The lowest BCUT2D eigenvalue weighted by atomic mass is 10.1. The summed E-state index contributed by atoms with van der Waals surface area (Å²) in [6.45, 7) is 0.597. The number of hydrogen-bond acceptors (Lipinski definition) is 5. The van der Waals surface area contributed by atoms with Crippen LogP contribution in [0.2, 0.25) is 0 Å². The monoisotopic (exact) mass is 570 g/mol. The molecule has 1 heterocycles. The molecular weight excluding hydrogens is 544 g/mol. The van der Waals surface area contributed by atoms with Crippen molar-refractivity contribution in [2.75, 3.05) is 11.9 Å². The lowest BCUT2D eigenvalue weighted by Crippen LogP contribution is -3.00. The Morgan fingerprint density at radius 1 is 0.833 bits per heavy atom. The number of aryl methyl sites for hydroxylation is 1. The normalized spacial score (nSPS) is 10.1. The molecule has 4 N–H and O–H groups in total. The van der Waals surface area contributed by atoms with Gasteiger partial charge in [-0.2, -0.15) is 0 Å². The first kappa shape index (κ1) is 28.7. The molecule has 0 fully saturated rings. The van der Waals surface area contributed by atoms with Gasteiger partial charge in [0.15, 0.2) is 17.5 Å². The van der Waals surface area contributed by atoms with Crippen molar-refractivity contribution in [3.63, 3.8) is 0 Å². The van der Waals surface area contributed by atoms with E-state index < -0.39 is 11.8 Å². The van der Waals surface area contributed by atoms with Crippen molar-refractivity contribution in [2.24, 2.45) is 5.73 Å². The van der Waals surface area contributed by atoms with Gasteiger partial charge in [0.2, 0.25) is 5.91 Å².